The lowest BCUT2D eigenvalue weighted by atomic mass is 10.3. The highest BCUT2D eigenvalue weighted by molar-refractivity contribution is 14.1. The number of nitrogens with one attached hydrogen (secondary N) is 1. The van der Waals surface area contributed by atoms with Crippen LogP contribution >= 0.6 is 34.2 Å². The average Bonchev–Trinajstić information content (AvgIpc) is 2.35. The SMILES string of the molecule is Cc1ccnc(Cl)c1NS(=O)(=O)c1ccc(I)cc1. The Labute approximate surface area is 130 Å². The van der Waals surface area contributed by atoms with Crippen molar-refractivity contribution in [3.05, 3.63) is 50.8 Å². The average molecular weight is 409 g/mol. The molecular formula is C12H10ClIN2O2S. The van der Waals surface area contributed by atoms with Gasteiger partial charge < -0.3 is 0 Å². The van der Waals surface area contributed by atoms with Crippen LogP contribution in [0, 0.1) is 10.5 Å². The van der Waals surface area contributed by atoms with E-state index in [1.165, 1.54) is 6.20 Å². The van der Waals surface area contributed by atoms with Gasteiger partial charge in [-0.1, -0.05) is 11.6 Å². The van der Waals surface area contributed by atoms with Crippen LogP contribution in [0.3, 0.4) is 0 Å². The van der Waals surface area contributed by atoms with Crippen molar-refractivity contribution < 1.29 is 8.42 Å². The van der Waals surface area contributed by atoms with E-state index >= 15 is 0 Å². The number of hydrogen-bond donors (Lipinski definition) is 1. The molecule has 2 rings (SSSR count). The summed E-state index contributed by atoms with van der Waals surface area (Å²) in [6.45, 7) is 1.76. The first-order chi connectivity index (χ1) is 8.90. The van der Waals surface area contributed by atoms with E-state index in [1.807, 2.05) is 0 Å². The second kappa shape index (κ2) is 5.64. The summed E-state index contributed by atoms with van der Waals surface area (Å²) in [7, 11) is -3.65. The van der Waals surface area contributed by atoms with Crippen molar-refractivity contribution in [2.24, 2.45) is 0 Å². The third kappa shape index (κ3) is 3.37. The van der Waals surface area contributed by atoms with Gasteiger partial charge in [0, 0.05) is 9.77 Å². The second-order valence-corrected chi connectivity index (χ2v) is 7.14. The molecule has 1 aromatic heterocycles. The molecule has 0 fully saturated rings. The van der Waals surface area contributed by atoms with Crippen LogP contribution in [-0.2, 0) is 10.0 Å². The van der Waals surface area contributed by atoms with Gasteiger partial charge >= 0.3 is 0 Å². The Hall–Kier alpha value is -0.860. The fourth-order valence-corrected chi connectivity index (χ4v) is 3.26. The zero-order chi connectivity index (χ0) is 14.0. The van der Waals surface area contributed by atoms with Gasteiger partial charge in [0.25, 0.3) is 10.0 Å². The number of aromatic nitrogens is 1. The first-order valence-electron chi connectivity index (χ1n) is 5.29. The van der Waals surface area contributed by atoms with Crippen LogP contribution in [0.25, 0.3) is 0 Å². The monoisotopic (exact) mass is 408 g/mol. The molecule has 0 radical (unpaired) electrons. The van der Waals surface area contributed by atoms with Crippen LogP contribution in [0.15, 0.2) is 41.4 Å². The second-order valence-electron chi connectivity index (χ2n) is 3.85. The van der Waals surface area contributed by atoms with Gasteiger partial charge in [0.1, 0.15) is 0 Å². The maximum Gasteiger partial charge on any atom is 0.262 e. The summed E-state index contributed by atoms with van der Waals surface area (Å²) < 4.78 is 27.9. The van der Waals surface area contributed by atoms with Crippen molar-refractivity contribution in [3.8, 4) is 0 Å². The molecular weight excluding hydrogens is 399 g/mol. The maximum absolute atomic E-state index is 12.2. The van der Waals surface area contributed by atoms with Crippen molar-refractivity contribution in [1.82, 2.24) is 4.98 Å². The molecule has 19 heavy (non-hydrogen) atoms. The molecule has 100 valence electrons. The van der Waals surface area contributed by atoms with E-state index in [9.17, 15) is 8.42 Å². The lowest BCUT2D eigenvalue weighted by molar-refractivity contribution is 0.601. The van der Waals surface area contributed by atoms with Crippen molar-refractivity contribution in [3.63, 3.8) is 0 Å². The highest BCUT2D eigenvalue weighted by Gasteiger charge is 2.17. The third-order valence-corrected chi connectivity index (χ3v) is 4.84. The molecule has 0 aliphatic rings. The number of hydrogen-bond acceptors (Lipinski definition) is 3. The first-order valence-corrected chi connectivity index (χ1v) is 8.23. The third-order valence-electron chi connectivity index (χ3n) is 2.47. The predicted octanol–water partition coefficient (Wildman–Crippen LogP) is 3.45. The molecule has 0 spiro atoms. The predicted molar refractivity (Wildman–Crippen MR) is 84.0 cm³/mol. The highest BCUT2D eigenvalue weighted by atomic mass is 127. The summed E-state index contributed by atoms with van der Waals surface area (Å²) in [4.78, 5) is 4.06. The molecule has 0 unspecified atom stereocenters. The quantitative estimate of drug-likeness (QED) is 0.625. The Kier molecular flexibility index (Phi) is 4.32. The van der Waals surface area contributed by atoms with Crippen LogP contribution in [0.5, 0.6) is 0 Å². The molecule has 1 N–H and O–H groups in total. The van der Waals surface area contributed by atoms with E-state index in [1.54, 1.807) is 37.3 Å². The summed E-state index contributed by atoms with van der Waals surface area (Å²) in [6, 6.07) is 8.24. The molecule has 7 heteroatoms. The van der Waals surface area contributed by atoms with Crippen molar-refractivity contribution in [2.45, 2.75) is 11.8 Å². The zero-order valence-electron chi connectivity index (χ0n) is 9.89. The van der Waals surface area contributed by atoms with Gasteiger partial charge in [0.05, 0.1) is 10.6 Å². The first kappa shape index (κ1) is 14.5. The number of halogens is 2. The summed E-state index contributed by atoms with van der Waals surface area (Å²) in [5.41, 5.74) is 1.02. The lowest BCUT2D eigenvalue weighted by Crippen LogP contribution is -2.14. The number of aryl methyl sites for hydroxylation is 1. The standard InChI is InChI=1S/C12H10ClIN2O2S/c1-8-6-7-15-12(13)11(8)16-19(17,18)10-4-2-9(14)3-5-10/h2-7,16H,1H3. The Morgan fingerprint density at radius 2 is 1.84 bits per heavy atom. The van der Waals surface area contributed by atoms with Crippen LogP contribution in [0.4, 0.5) is 5.69 Å². The molecule has 2 aromatic rings. The van der Waals surface area contributed by atoms with Crippen molar-refractivity contribution in [1.29, 1.82) is 0 Å². The minimum atomic E-state index is -3.65. The Balaban J connectivity index is 2.39. The zero-order valence-corrected chi connectivity index (χ0v) is 13.6. The van der Waals surface area contributed by atoms with Crippen molar-refractivity contribution in [2.75, 3.05) is 4.72 Å². The Morgan fingerprint density at radius 1 is 1.21 bits per heavy atom. The summed E-state index contributed by atoms with van der Waals surface area (Å²) in [5, 5.41) is 0.133. The van der Waals surface area contributed by atoms with Gasteiger partial charge in [-0.3, -0.25) is 4.72 Å². The van der Waals surface area contributed by atoms with E-state index in [2.05, 4.69) is 32.3 Å². The summed E-state index contributed by atoms with van der Waals surface area (Å²) in [6.07, 6.45) is 1.53. The highest BCUT2D eigenvalue weighted by Crippen LogP contribution is 2.26. The van der Waals surface area contributed by atoms with E-state index in [-0.39, 0.29) is 10.0 Å². The topological polar surface area (TPSA) is 59.1 Å². The fraction of sp³-hybridized carbons (Fsp3) is 0.0833. The minimum Gasteiger partial charge on any atom is -0.276 e. The van der Waals surface area contributed by atoms with Gasteiger partial charge in [-0.15, -0.1) is 0 Å². The van der Waals surface area contributed by atoms with Crippen molar-refractivity contribution >= 4 is 49.9 Å². The van der Waals surface area contributed by atoms with Gasteiger partial charge in [-0.05, 0) is 65.4 Å². The lowest BCUT2D eigenvalue weighted by Gasteiger charge is -2.11. The normalized spacial score (nSPS) is 11.3. The molecule has 1 aromatic carbocycles. The summed E-state index contributed by atoms with van der Waals surface area (Å²) >= 11 is 8.02. The Bertz CT molecular complexity index is 682. The molecule has 0 aliphatic carbocycles. The van der Waals surface area contributed by atoms with Gasteiger partial charge in [-0.25, -0.2) is 13.4 Å². The summed E-state index contributed by atoms with van der Waals surface area (Å²) in [5.74, 6) is 0. The van der Waals surface area contributed by atoms with Crippen LogP contribution in [0.2, 0.25) is 5.15 Å². The van der Waals surface area contributed by atoms with Crippen LogP contribution in [-0.4, -0.2) is 13.4 Å². The number of pyridine rings is 1. The molecule has 0 amide bonds. The smallest absolute Gasteiger partial charge is 0.262 e. The molecule has 1 heterocycles. The number of nitrogens with zero attached hydrogens (tertiary/aromatic N) is 1. The Morgan fingerprint density at radius 3 is 2.42 bits per heavy atom. The molecule has 4 nitrogen and oxygen atoms in total. The molecule has 0 aliphatic heterocycles. The van der Waals surface area contributed by atoms with E-state index in [0.717, 1.165) is 3.57 Å². The molecule has 0 atom stereocenters. The number of benzene rings is 1. The number of rotatable bonds is 3. The number of anilines is 1. The van der Waals surface area contributed by atoms with E-state index < -0.39 is 10.0 Å². The van der Waals surface area contributed by atoms with Crippen LogP contribution < -0.4 is 4.72 Å². The largest absolute Gasteiger partial charge is 0.276 e. The van der Waals surface area contributed by atoms with Gasteiger partial charge in [0.15, 0.2) is 5.15 Å². The molecule has 0 saturated heterocycles. The van der Waals surface area contributed by atoms with E-state index in [4.69, 9.17) is 11.6 Å². The molecule has 0 saturated carbocycles. The van der Waals surface area contributed by atoms with Gasteiger partial charge in [-0.2, -0.15) is 0 Å². The van der Waals surface area contributed by atoms with Crippen LogP contribution in [0.1, 0.15) is 5.56 Å². The number of sulfonamides is 1. The fourth-order valence-electron chi connectivity index (χ4n) is 1.45. The van der Waals surface area contributed by atoms with Gasteiger partial charge in [0.2, 0.25) is 0 Å². The molecule has 0 bridgehead atoms. The minimum absolute atomic E-state index is 0.133. The van der Waals surface area contributed by atoms with E-state index in [0.29, 0.717) is 11.3 Å². The maximum atomic E-state index is 12.2.